The van der Waals surface area contributed by atoms with Crippen molar-refractivity contribution in [2.75, 3.05) is 6.61 Å². The van der Waals surface area contributed by atoms with Crippen LogP contribution in [0, 0.1) is 11.8 Å². The maximum Gasteiger partial charge on any atom is 1.00 e. The standard InChI is InChI=1S/C26H27ClF3N3O4.Na/c27-21-10-9-19(25(37)32-22(14-34)17-5-1-15(2-6-17)11-23(35)36)20-12-31-33(24(20)21)13-16-3-7-18(8-4-16)26(28,29)30;/h3-4,7-10,12,15,17,22,34H,1-2,5-6,11,13-14H2,(H,32,37)(H,35,36);/q;+1/p-1/t15?,17?,22-;/m0./s1. The third-order valence-corrected chi connectivity index (χ3v) is 7.34. The van der Waals surface area contributed by atoms with Crippen LogP contribution in [-0.2, 0) is 17.5 Å². The first-order valence-corrected chi connectivity index (χ1v) is 12.4. The largest absolute Gasteiger partial charge is 1.00 e. The van der Waals surface area contributed by atoms with E-state index < -0.39 is 29.7 Å². The minimum Gasteiger partial charge on any atom is -0.550 e. The zero-order valence-electron chi connectivity index (χ0n) is 20.8. The number of amides is 1. The molecule has 38 heavy (non-hydrogen) atoms. The second-order valence-corrected chi connectivity index (χ2v) is 9.88. The average Bonchev–Trinajstić information content (AvgIpc) is 3.27. The summed E-state index contributed by atoms with van der Waals surface area (Å²) in [6.07, 6.45) is -0.180. The molecule has 2 N–H and O–H groups in total. The number of carboxylic acids is 1. The Morgan fingerprint density at radius 2 is 1.79 bits per heavy atom. The van der Waals surface area contributed by atoms with E-state index in [2.05, 4.69) is 10.4 Å². The van der Waals surface area contributed by atoms with Crippen molar-refractivity contribution in [2.24, 2.45) is 11.8 Å². The van der Waals surface area contributed by atoms with Gasteiger partial charge in [0, 0.05) is 11.4 Å². The van der Waals surface area contributed by atoms with Gasteiger partial charge in [-0.25, -0.2) is 0 Å². The zero-order valence-corrected chi connectivity index (χ0v) is 23.6. The smallest absolute Gasteiger partial charge is 0.550 e. The van der Waals surface area contributed by atoms with Crippen molar-refractivity contribution in [1.82, 2.24) is 15.1 Å². The number of aliphatic hydroxyl groups is 1. The molecule has 1 atom stereocenters. The van der Waals surface area contributed by atoms with Crippen LogP contribution in [0.1, 0.15) is 53.6 Å². The number of fused-ring (bicyclic) bond motifs is 1. The minimum atomic E-state index is -4.43. The number of aliphatic carboxylic acids is 1. The van der Waals surface area contributed by atoms with E-state index in [-0.39, 0.29) is 61.0 Å². The molecule has 0 spiro atoms. The van der Waals surface area contributed by atoms with Crippen molar-refractivity contribution in [1.29, 1.82) is 0 Å². The number of hydrogen-bond acceptors (Lipinski definition) is 5. The van der Waals surface area contributed by atoms with Gasteiger partial charge in [0.25, 0.3) is 5.91 Å². The summed E-state index contributed by atoms with van der Waals surface area (Å²) in [6, 6.07) is 7.37. The predicted molar refractivity (Wildman–Crippen MR) is 129 cm³/mol. The van der Waals surface area contributed by atoms with Crippen LogP contribution in [0.2, 0.25) is 5.02 Å². The molecule has 12 heteroatoms. The Morgan fingerprint density at radius 1 is 1.13 bits per heavy atom. The molecule has 1 fully saturated rings. The summed E-state index contributed by atoms with van der Waals surface area (Å²) in [5.74, 6) is -1.42. The monoisotopic (exact) mass is 559 g/mol. The average molecular weight is 560 g/mol. The molecule has 1 amide bonds. The van der Waals surface area contributed by atoms with E-state index >= 15 is 0 Å². The van der Waals surface area contributed by atoms with Crippen molar-refractivity contribution >= 4 is 34.4 Å². The van der Waals surface area contributed by atoms with Gasteiger partial charge in [0.05, 0.1) is 47.1 Å². The molecule has 2 aromatic carbocycles. The Morgan fingerprint density at radius 3 is 2.37 bits per heavy atom. The van der Waals surface area contributed by atoms with Gasteiger partial charge in [0.1, 0.15) is 0 Å². The van der Waals surface area contributed by atoms with Gasteiger partial charge in [-0.15, -0.1) is 0 Å². The molecular formula is C26H26ClF3N3NaO4. The normalized spacial score (nSPS) is 18.6. The van der Waals surface area contributed by atoms with Crippen molar-refractivity contribution in [3.63, 3.8) is 0 Å². The number of aromatic nitrogens is 2. The molecule has 4 rings (SSSR count). The van der Waals surface area contributed by atoms with Gasteiger partial charge in [-0.05, 0) is 73.8 Å². The third kappa shape index (κ3) is 7.09. The van der Waals surface area contributed by atoms with Crippen LogP contribution in [0.5, 0.6) is 0 Å². The van der Waals surface area contributed by atoms with Crippen LogP contribution in [0.4, 0.5) is 13.2 Å². The Hall–Kier alpha value is -2.11. The first-order valence-electron chi connectivity index (χ1n) is 12.0. The third-order valence-electron chi connectivity index (χ3n) is 7.04. The SMILES string of the molecule is O=C([O-])CC1CCC([C@H](CO)NC(=O)c2ccc(Cl)c3c2cnn3Cc2ccc(C(F)(F)F)cc2)CC1.[Na+]. The Balaban J connectivity index is 0.00000400. The number of rotatable bonds is 8. The van der Waals surface area contributed by atoms with Gasteiger partial charge in [0.2, 0.25) is 0 Å². The van der Waals surface area contributed by atoms with Gasteiger partial charge in [-0.1, -0.05) is 23.7 Å². The fourth-order valence-electron chi connectivity index (χ4n) is 5.04. The molecule has 0 unspecified atom stereocenters. The topological polar surface area (TPSA) is 107 Å². The predicted octanol–water partition coefficient (Wildman–Crippen LogP) is 0.798. The number of carbonyl (C=O) groups is 2. The summed E-state index contributed by atoms with van der Waals surface area (Å²) in [5.41, 5.74) is 0.614. The van der Waals surface area contributed by atoms with Crippen molar-refractivity contribution < 1.29 is 62.5 Å². The molecular weight excluding hydrogens is 534 g/mol. The molecule has 1 aliphatic rings. The molecule has 198 valence electrons. The number of carboxylic acid groups (broad SMARTS) is 1. The van der Waals surface area contributed by atoms with Gasteiger partial charge in [-0.2, -0.15) is 18.3 Å². The molecule has 1 heterocycles. The molecule has 1 aromatic heterocycles. The number of nitrogens with one attached hydrogen (secondary N) is 1. The van der Waals surface area contributed by atoms with Gasteiger partial charge in [-0.3, -0.25) is 9.48 Å². The van der Waals surface area contributed by atoms with Gasteiger partial charge in [0.15, 0.2) is 0 Å². The number of benzene rings is 2. The number of aliphatic hydroxyl groups excluding tert-OH is 1. The summed E-state index contributed by atoms with van der Waals surface area (Å²) in [5, 5.41) is 28.8. The summed E-state index contributed by atoms with van der Waals surface area (Å²) in [6.45, 7) is -0.105. The zero-order chi connectivity index (χ0) is 26.7. The van der Waals surface area contributed by atoms with E-state index in [9.17, 15) is 33.0 Å². The van der Waals surface area contributed by atoms with Crippen LogP contribution < -0.4 is 40.0 Å². The quantitative estimate of drug-likeness (QED) is 0.397. The Bertz CT molecular complexity index is 1280. The number of nitrogens with zero attached hydrogens (tertiary/aromatic N) is 2. The fraction of sp³-hybridized carbons (Fsp3) is 0.423. The molecule has 1 aliphatic carbocycles. The van der Waals surface area contributed by atoms with Crippen molar-refractivity contribution in [3.05, 3.63) is 64.3 Å². The van der Waals surface area contributed by atoms with Crippen molar-refractivity contribution in [3.8, 4) is 0 Å². The molecule has 0 radical (unpaired) electrons. The molecule has 0 bridgehead atoms. The van der Waals surface area contributed by atoms with Crippen LogP contribution in [0.25, 0.3) is 10.9 Å². The first-order chi connectivity index (χ1) is 17.6. The number of alkyl halides is 3. The number of carbonyl (C=O) groups excluding carboxylic acids is 2. The van der Waals surface area contributed by atoms with Crippen LogP contribution in [-0.4, -0.2) is 39.4 Å². The Labute approximate surface area is 244 Å². The van der Waals surface area contributed by atoms with Gasteiger partial charge < -0.3 is 20.3 Å². The van der Waals surface area contributed by atoms with Crippen LogP contribution in [0.15, 0.2) is 42.6 Å². The molecule has 0 aliphatic heterocycles. The minimum absolute atomic E-state index is 0. The second-order valence-electron chi connectivity index (χ2n) is 9.47. The number of hydrogen-bond donors (Lipinski definition) is 2. The van der Waals surface area contributed by atoms with E-state index in [1.54, 1.807) is 12.1 Å². The van der Waals surface area contributed by atoms with E-state index in [4.69, 9.17) is 11.6 Å². The second kappa shape index (κ2) is 12.8. The Kier molecular flexibility index (Phi) is 10.3. The van der Waals surface area contributed by atoms with Crippen molar-refractivity contribution in [2.45, 2.75) is 50.9 Å². The number of halogens is 4. The van der Waals surface area contributed by atoms with E-state index in [1.807, 2.05) is 0 Å². The summed E-state index contributed by atoms with van der Waals surface area (Å²) in [4.78, 5) is 24.1. The maximum atomic E-state index is 13.2. The van der Waals surface area contributed by atoms with E-state index in [1.165, 1.54) is 23.0 Å². The summed E-state index contributed by atoms with van der Waals surface area (Å²) in [7, 11) is 0. The van der Waals surface area contributed by atoms with Crippen LogP contribution >= 0.6 is 11.6 Å². The molecule has 1 saturated carbocycles. The van der Waals surface area contributed by atoms with E-state index in [0.717, 1.165) is 12.1 Å². The fourth-order valence-corrected chi connectivity index (χ4v) is 5.30. The van der Waals surface area contributed by atoms with Gasteiger partial charge >= 0.3 is 35.7 Å². The summed E-state index contributed by atoms with van der Waals surface area (Å²) >= 11 is 6.41. The molecule has 0 saturated heterocycles. The summed E-state index contributed by atoms with van der Waals surface area (Å²) < 4.78 is 40.1. The first kappa shape index (κ1) is 30.4. The van der Waals surface area contributed by atoms with Crippen LogP contribution in [0.3, 0.4) is 0 Å². The van der Waals surface area contributed by atoms with E-state index in [0.29, 0.717) is 52.7 Å². The molecule has 7 nitrogen and oxygen atoms in total. The maximum absolute atomic E-state index is 13.2. The molecule has 3 aromatic rings.